The van der Waals surface area contributed by atoms with E-state index >= 15 is 0 Å². The number of unbranched alkanes of at least 4 members (excludes halogenated alkanes) is 3. The molecular formula is C35H39N3O8. The summed E-state index contributed by atoms with van der Waals surface area (Å²) >= 11 is 0. The van der Waals surface area contributed by atoms with Gasteiger partial charge in [0.25, 0.3) is 5.91 Å². The van der Waals surface area contributed by atoms with Crippen LogP contribution in [0.1, 0.15) is 103 Å². The third-order valence-corrected chi connectivity index (χ3v) is 8.23. The summed E-state index contributed by atoms with van der Waals surface area (Å²) in [5.74, 6) is -2.46. The fourth-order valence-electron chi connectivity index (χ4n) is 5.64. The number of ketones is 4. The second-order valence-electron chi connectivity index (χ2n) is 12.0. The van der Waals surface area contributed by atoms with Gasteiger partial charge in [-0.15, -0.1) is 0 Å². The molecule has 3 N–H and O–H groups in total. The minimum absolute atomic E-state index is 0.00303. The Kier molecular flexibility index (Phi) is 12.2. The molecule has 0 aromatic heterocycles. The number of benzene rings is 2. The summed E-state index contributed by atoms with van der Waals surface area (Å²) in [5, 5.41) is 7.76. The minimum Gasteiger partial charge on any atom is -0.342 e. The summed E-state index contributed by atoms with van der Waals surface area (Å²) in [4.78, 5) is 97.1. The van der Waals surface area contributed by atoms with Crippen LogP contribution in [0.5, 0.6) is 0 Å². The average Bonchev–Trinajstić information content (AvgIpc) is 3.01. The molecule has 1 aliphatic carbocycles. The van der Waals surface area contributed by atoms with E-state index in [1.165, 1.54) is 0 Å². The number of hydrogen-bond acceptors (Lipinski definition) is 8. The Labute approximate surface area is 267 Å². The molecule has 0 spiro atoms. The van der Waals surface area contributed by atoms with Gasteiger partial charge in [0.05, 0.1) is 12.5 Å². The van der Waals surface area contributed by atoms with Crippen molar-refractivity contribution < 1.29 is 38.4 Å². The van der Waals surface area contributed by atoms with Crippen LogP contribution in [0.25, 0.3) is 0 Å². The van der Waals surface area contributed by atoms with Crippen LogP contribution in [0.2, 0.25) is 0 Å². The van der Waals surface area contributed by atoms with Crippen LogP contribution in [0.15, 0.2) is 48.5 Å². The first-order valence-electron chi connectivity index (χ1n) is 15.8. The van der Waals surface area contributed by atoms with Crippen molar-refractivity contribution in [3.8, 4) is 0 Å². The van der Waals surface area contributed by atoms with E-state index in [1.807, 2.05) is 0 Å². The van der Waals surface area contributed by atoms with Crippen LogP contribution in [-0.4, -0.2) is 52.8 Å². The van der Waals surface area contributed by atoms with Crippen molar-refractivity contribution in [1.29, 1.82) is 0 Å². The maximum atomic E-state index is 12.7. The van der Waals surface area contributed by atoms with Crippen molar-refractivity contribution in [3.05, 3.63) is 65.2 Å². The predicted octanol–water partition coefficient (Wildman–Crippen LogP) is 3.82. The van der Waals surface area contributed by atoms with Crippen molar-refractivity contribution in [3.63, 3.8) is 0 Å². The molecule has 0 radical (unpaired) electrons. The highest BCUT2D eigenvalue weighted by Crippen LogP contribution is 2.21. The highest BCUT2D eigenvalue weighted by molar-refractivity contribution is 6.06. The molecule has 11 heteroatoms. The number of carbonyl (C=O) groups is 8. The molecule has 2 atom stereocenters. The van der Waals surface area contributed by atoms with Gasteiger partial charge >= 0.3 is 0 Å². The largest absolute Gasteiger partial charge is 0.342 e. The lowest BCUT2D eigenvalue weighted by molar-refractivity contribution is -0.136. The molecule has 1 aliphatic heterocycles. The SMILES string of the molecule is O=C1CCC(NC(=O)c2cccc(CC(=O)CCCCCCC(=O)Nc3cccc(C(=O)CC4CCC(=O)NC4=O)c3)c2)C(=O)C1. The van der Waals surface area contributed by atoms with E-state index in [4.69, 9.17) is 0 Å². The molecular weight excluding hydrogens is 590 g/mol. The van der Waals surface area contributed by atoms with E-state index in [-0.39, 0.29) is 67.1 Å². The van der Waals surface area contributed by atoms with Gasteiger partial charge in [0.1, 0.15) is 11.6 Å². The van der Waals surface area contributed by atoms with Gasteiger partial charge in [0.2, 0.25) is 17.7 Å². The van der Waals surface area contributed by atoms with Crippen LogP contribution in [-0.2, 0) is 35.2 Å². The minimum atomic E-state index is -0.665. The van der Waals surface area contributed by atoms with Crippen LogP contribution in [0, 0.1) is 5.92 Å². The van der Waals surface area contributed by atoms with Crippen molar-refractivity contribution in [1.82, 2.24) is 10.6 Å². The Balaban J connectivity index is 1.11. The summed E-state index contributed by atoms with van der Waals surface area (Å²) < 4.78 is 0. The molecule has 1 saturated heterocycles. The molecule has 2 aliphatic rings. The zero-order valence-corrected chi connectivity index (χ0v) is 25.7. The Morgan fingerprint density at radius 2 is 1.54 bits per heavy atom. The van der Waals surface area contributed by atoms with Crippen LogP contribution >= 0.6 is 0 Å². The van der Waals surface area contributed by atoms with Crippen molar-refractivity contribution in [2.24, 2.45) is 5.92 Å². The smallest absolute Gasteiger partial charge is 0.251 e. The second kappa shape index (κ2) is 16.5. The molecule has 4 amide bonds. The lowest BCUT2D eigenvalue weighted by atomic mass is 9.91. The molecule has 242 valence electrons. The Hall–Kier alpha value is -4.80. The third kappa shape index (κ3) is 10.4. The number of hydrogen-bond donors (Lipinski definition) is 3. The van der Waals surface area contributed by atoms with Gasteiger partial charge < -0.3 is 10.6 Å². The molecule has 11 nitrogen and oxygen atoms in total. The number of nitrogens with one attached hydrogen (secondary N) is 3. The summed E-state index contributed by atoms with van der Waals surface area (Å²) in [5.41, 5.74) is 1.95. The zero-order valence-electron chi connectivity index (χ0n) is 25.7. The van der Waals surface area contributed by atoms with Crippen LogP contribution in [0.4, 0.5) is 5.69 Å². The summed E-state index contributed by atoms with van der Waals surface area (Å²) in [6.07, 6.45) is 4.71. The van der Waals surface area contributed by atoms with E-state index in [2.05, 4.69) is 16.0 Å². The first kappa shape index (κ1) is 34.1. The van der Waals surface area contributed by atoms with E-state index in [0.29, 0.717) is 60.9 Å². The highest BCUT2D eigenvalue weighted by atomic mass is 16.2. The summed E-state index contributed by atoms with van der Waals surface area (Å²) in [7, 11) is 0. The highest BCUT2D eigenvalue weighted by Gasteiger charge is 2.29. The number of carbonyl (C=O) groups excluding carboxylic acids is 8. The lowest BCUT2D eigenvalue weighted by Crippen LogP contribution is -2.44. The van der Waals surface area contributed by atoms with E-state index < -0.39 is 23.8 Å². The van der Waals surface area contributed by atoms with Gasteiger partial charge in [0.15, 0.2) is 11.6 Å². The first-order valence-corrected chi connectivity index (χ1v) is 15.8. The number of Topliss-reactive ketones (excluding diaryl/α,β-unsaturated/α-hetero) is 4. The monoisotopic (exact) mass is 629 g/mol. The Morgan fingerprint density at radius 3 is 2.30 bits per heavy atom. The maximum Gasteiger partial charge on any atom is 0.251 e. The van der Waals surface area contributed by atoms with Crippen molar-refractivity contribution in [2.75, 3.05) is 5.32 Å². The van der Waals surface area contributed by atoms with Gasteiger partial charge in [-0.25, -0.2) is 0 Å². The van der Waals surface area contributed by atoms with Crippen molar-refractivity contribution in [2.45, 2.75) is 89.5 Å². The molecule has 2 unspecified atom stereocenters. The molecule has 1 saturated carbocycles. The third-order valence-electron chi connectivity index (χ3n) is 8.23. The normalized spacial score (nSPS) is 18.1. The number of piperidine rings is 1. The standard InChI is InChI=1S/C35H39N3O8/c39-27(18-22-7-5-9-24(17-22)34(45)37-29-15-14-28(40)21-31(29)42)11-3-1-2-4-12-32(43)36-26-10-6-8-23(19-26)30(41)20-25-13-16-33(44)38-35(25)46/h5-10,17,19,25,29H,1-4,11-16,18,20-21H2,(H,36,43)(H,37,45)(H,38,44,46). The zero-order chi connectivity index (χ0) is 33.1. The van der Waals surface area contributed by atoms with Gasteiger partial charge in [0, 0.05) is 61.3 Å². The van der Waals surface area contributed by atoms with Crippen molar-refractivity contribution >= 4 is 52.4 Å². The van der Waals surface area contributed by atoms with Crippen LogP contribution < -0.4 is 16.0 Å². The summed E-state index contributed by atoms with van der Waals surface area (Å²) in [6, 6.07) is 12.7. The number of rotatable bonds is 15. The van der Waals surface area contributed by atoms with Crippen LogP contribution in [0.3, 0.4) is 0 Å². The van der Waals surface area contributed by atoms with Gasteiger partial charge in [-0.3, -0.25) is 43.7 Å². The Bertz CT molecular complexity index is 1420. The molecule has 0 bridgehead atoms. The van der Waals surface area contributed by atoms with E-state index in [0.717, 1.165) is 12.8 Å². The molecule has 1 heterocycles. The van der Waals surface area contributed by atoms with E-state index in [9.17, 15) is 38.4 Å². The average molecular weight is 630 g/mol. The number of anilines is 1. The molecule has 2 fully saturated rings. The van der Waals surface area contributed by atoms with E-state index in [1.54, 1.807) is 48.5 Å². The topological polar surface area (TPSA) is 173 Å². The molecule has 46 heavy (non-hydrogen) atoms. The molecule has 4 rings (SSSR count). The van der Waals surface area contributed by atoms with Gasteiger partial charge in [-0.05, 0) is 55.5 Å². The lowest BCUT2D eigenvalue weighted by Gasteiger charge is -2.21. The fraction of sp³-hybridized carbons (Fsp3) is 0.429. The fourth-order valence-corrected chi connectivity index (χ4v) is 5.64. The molecule has 2 aromatic carbocycles. The Morgan fingerprint density at radius 1 is 0.804 bits per heavy atom. The number of imide groups is 1. The quantitative estimate of drug-likeness (QED) is 0.115. The molecule has 2 aromatic rings. The number of amides is 4. The summed E-state index contributed by atoms with van der Waals surface area (Å²) in [6.45, 7) is 0. The maximum absolute atomic E-state index is 12.7. The second-order valence-corrected chi connectivity index (χ2v) is 12.0. The first-order chi connectivity index (χ1) is 22.1. The van der Waals surface area contributed by atoms with Gasteiger partial charge in [-0.2, -0.15) is 0 Å². The van der Waals surface area contributed by atoms with Gasteiger partial charge in [-0.1, -0.05) is 37.1 Å². The predicted molar refractivity (Wildman–Crippen MR) is 168 cm³/mol.